The van der Waals surface area contributed by atoms with E-state index in [1.54, 1.807) is 13.1 Å². The molecule has 0 spiro atoms. The molecule has 0 saturated carbocycles. The van der Waals surface area contributed by atoms with Gasteiger partial charge in [-0.2, -0.15) is 4.31 Å². The Hall–Kier alpha value is -0.880. The van der Waals surface area contributed by atoms with E-state index < -0.39 is 10.0 Å². The third-order valence-corrected chi connectivity index (χ3v) is 6.55. The molecule has 3 nitrogen and oxygen atoms in total. The van der Waals surface area contributed by atoms with Crippen LogP contribution >= 0.6 is 22.9 Å². The Morgan fingerprint density at radius 1 is 1.25 bits per heavy atom. The maximum absolute atomic E-state index is 12.6. The van der Waals surface area contributed by atoms with Crippen molar-refractivity contribution in [3.8, 4) is 0 Å². The van der Waals surface area contributed by atoms with Crippen LogP contribution in [-0.2, 0) is 22.4 Å². The first-order chi connectivity index (χ1) is 9.45. The number of aryl methyl sites for hydroxylation is 1. The quantitative estimate of drug-likeness (QED) is 0.786. The van der Waals surface area contributed by atoms with Crippen LogP contribution in [0.4, 0.5) is 0 Å². The van der Waals surface area contributed by atoms with Gasteiger partial charge < -0.3 is 0 Å². The molecular formula is C14H16ClNO2S2. The van der Waals surface area contributed by atoms with Crippen molar-refractivity contribution in [3.05, 3.63) is 51.7 Å². The van der Waals surface area contributed by atoms with Crippen LogP contribution in [0.5, 0.6) is 0 Å². The number of thiophene rings is 1. The first-order valence-corrected chi connectivity index (χ1v) is 8.90. The van der Waals surface area contributed by atoms with E-state index in [1.807, 2.05) is 37.3 Å². The van der Waals surface area contributed by atoms with Gasteiger partial charge in [-0.1, -0.05) is 30.3 Å². The van der Waals surface area contributed by atoms with E-state index in [2.05, 4.69) is 0 Å². The molecule has 1 aromatic heterocycles. The van der Waals surface area contributed by atoms with Crippen LogP contribution in [-0.4, -0.2) is 19.8 Å². The van der Waals surface area contributed by atoms with Gasteiger partial charge in [0.25, 0.3) is 0 Å². The summed E-state index contributed by atoms with van der Waals surface area (Å²) in [7, 11) is -1.87. The number of halogens is 1. The maximum atomic E-state index is 12.6. The molecular weight excluding hydrogens is 314 g/mol. The van der Waals surface area contributed by atoms with E-state index in [0.29, 0.717) is 17.3 Å². The molecule has 0 unspecified atom stereocenters. The van der Waals surface area contributed by atoms with Crippen LogP contribution in [0.2, 0.25) is 0 Å². The minimum absolute atomic E-state index is 0.337. The third-order valence-electron chi connectivity index (χ3n) is 2.99. The fourth-order valence-corrected chi connectivity index (χ4v) is 4.79. The van der Waals surface area contributed by atoms with Gasteiger partial charge in [0, 0.05) is 23.3 Å². The number of nitrogens with zero attached hydrogens (tertiary/aromatic N) is 1. The van der Waals surface area contributed by atoms with Crippen molar-refractivity contribution in [3.63, 3.8) is 0 Å². The fraction of sp³-hybridized carbons (Fsp3) is 0.286. The lowest BCUT2D eigenvalue weighted by molar-refractivity contribution is 0.466. The molecule has 0 aliphatic heterocycles. The van der Waals surface area contributed by atoms with E-state index in [0.717, 1.165) is 15.3 Å². The van der Waals surface area contributed by atoms with Gasteiger partial charge in [-0.15, -0.1) is 22.9 Å². The number of rotatable bonds is 5. The van der Waals surface area contributed by atoms with Crippen LogP contribution in [0.3, 0.4) is 0 Å². The average molecular weight is 330 g/mol. The second-order valence-electron chi connectivity index (χ2n) is 4.51. The third kappa shape index (κ3) is 3.23. The zero-order valence-electron chi connectivity index (χ0n) is 11.3. The highest BCUT2D eigenvalue weighted by Gasteiger charge is 2.24. The highest BCUT2D eigenvalue weighted by atomic mass is 35.5. The predicted molar refractivity (Wildman–Crippen MR) is 83.7 cm³/mol. The van der Waals surface area contributed by atoms with Crippen molar-refractivity contribution < 1.29 is 8.42 Å². The molecule has 1 aromatic carbocycles. The van der Waals surface area contributed by atoms with Crippen LogP contribution in [0.15, 0.2) is 41.3 Å². The zero-order valence-corrected chi connectivity index (χ0v) is 13.7. The van der Waals surface area contributed by atoms with Gasteiger partial charge in [0.15, 0.2) is 0 Å². The molecule has 0 aliphatic rings. The maximum Gasteiger partial charge on any atom is 0.244 e. The smallest absolute Gasteiger partial charge is 0.207 e. The SMILES string of the molecule is Cc1sc(CCl)cc1S(=O)(=O)N(C)Cc1ccccc1. The topological polar surface area (TPSA) is 37.4 Å². The van der Waals surface area contributed by atoms with Gasteiger partial charge in [0.1, 0.15) is 0 Å². The summed E-state index contributed by atoms with van der Waals surface area (Å²) in [4.78, 5) is 2.01. The number of sulfonamides is 1. The molecule has 0 atom stereocenters. The summed E-state index contributed by atoms with van der Waals surface area (Å²) in [5, 5.41) is 0. The summed E-state index contributed by atoms with van der Waals surface area (Å²) in [6, 6.07) is 11.2. The Labute approximate surface area is 128 Å². The van der Waals surface area contributed by atoms with Crippen molar-refractivity contribution in [1.29, 1.82) is 0 Å². The molecule has 20 heavy (non-hydrogen) atoms. The van der Waals surface area contributed by atoms with Crippen molar-refractivity contribution in [1.82, 2.24) is 4.31 Å². The summed E-state index contributed by atoms with van der Waals surface area (Å²) in [5.41, 5.74) is 0.962. The minimum Gasteiger partial charge on any atom is -0.207 e. The number of hydrogen-bond acceptors (Lipinski definition) is 3. The summed E-state index contributed by atoms with van der Waals surface area (Å²) in [6.45, 7) is 2.17. The first kappa shape index (κ1) is 15.5. The molecule has 0 saturated heterocycles. The van der Waals surface area contributed by atoms with Crippen molar-refractivity contribution in [2.45, 2.75) is 24.2 Å². The van der Waals surface area contributed by atoms with Crippen LogP contribution in [0.1, 0.15) is 15.3 Å². The van der Waals surface area contributed by atoms with Gasteiger partial charge in [0.2, 0.25) is 10.0 Å². The summed E-state index contributed by atoms with van der Waals surface area (Å²) in [6.07, 6.45) is 0. The summed E-state index contributed by atoms with van der Waals surface area (Å²) >= 11 is 7.20. The van der Waals surface area contributed by atoms with Crippen molar-refractivity contribution in [2.75, 3.05) is 7.05 Å². The summed E-state index contributed by atoms with van der Waals surface area (Å²) in [5.74, 6) is 0.337. The van der Waals surface area contributed by atoms with Crippen molar-refractivity contribution in [2.24, 2.45) is 0 Å². The summed E-state index contributed by atoms with van der Waals surface area (Å²) < 4.78 is 26.5. The molecule has 0 radical (unpaired) electrons. The Bertz CT molecular complexity index is 680. The Morgan fingerprint density at radius 3 is 2.45 bits per heavy atom. The Morgan fingerprint density at radius 2 is 1.90 bits per heavy atom. The van der Waals surface area contributed by atoms with Crippen LogP contribution < -0.4 is 0 Å². The second kappa shape index (κ2) is 6.26. The molecule has 0 bridgehead atoms. The zero-order chi connectivity index (χ0) is 14.8. The van der Waals surface area contributed by atoms with E-state index in [4.69, 9.17) is 11.6 Å². The minimum atomic E-state index is -3.47. The molecule has 6 heteroatoms. The molecule has 0 aliphatic carbocycles. The lowest BCUT2D eigenvalue weighted by Crippen LogP contribution is -2.26. The van der Waals surface area contributed by atoms with Gasteiger partial charge in [-0.05, 0) is 18.6 Å². The fourth-order valence-electron chi connectivity index (χ4n) is 1.94. The van der Waals surface area contributed by atoms with E-state index in [-0.39, 0.29) is 0 Å². The van der Waals surface area contributed by atoms with Gasteiger partial charge in [-0.3, -0.25) is 0 Å². The van der Waals surface area contributed by atoms with Gasteiger partial charge >= 0.3 is 0 Å². The molecule has 0 fully saturated rings. The van der Waals surface area contributed by atoms with E-state index >= 15 is 0 Å². The highest BCUT2D eigenvalue weighted by molar-refractivity contribution is 7.89. The van der Waals surface area contributed by atoms with Gasteiger partial charge in [0.05, 0.1) is 10.8 Å². The standard InChI is InChI=1S/C14H16ClNO2S2/c1-11-14(8-13(9-15)19-11)20(17,18)16(2)10-12-6-4-3-5-7-12/h3-8H,9-10H2,1-2H3. The monoisotopic (exact) mass is 329 g/mol. The predicted octanol–water partition coefficient (Wildman–Crippen LogP) is 3.62. The molecule has 2 aromatic rings. The first-order valence-electron chi connectivity index (χ1n) is 6.10. The molecule has 108 valence electrons. The lowest BCUT2D eigenvalue weighted by Gasteiger charge is -2.17. The van der Waals surface area contributed by atoms with Crippen LogP contribution in [0.25, 0.3) is 0 Å². The highest BCUT2D eigenvalue weighted by Crippen LogP contribution is 2.29. The second-order valence-corrected chi connectivity index (χ2v) is 8.13. The number of hydrogen-bond donors (Lipinski definition) is 0. The molecule has 1 heterocycles. The average Bonchev–Trinajstić information content (AvgIpc) is 2.82. The molecule has 0 amide bonds. The Kier molecular flexibility index (Phi) is 4.86. The van der Waals surface area contributed by atoms with E-state index in [1.165, 1.54) is 15.6 Å². The molecule has 2 rings (SSSR count). The van der Waals surface area contributed by atoms with Crippen molar-refractivity contribution >= 4 is 33.0 Å². The van der Waals surface area contributed by atoms with Gasteiger partial charge in [-0.25, -0.2) is 8.42 Å². The number of benzene rings is 1. The van der Waals surface area contributed by atoms with Crippen LogP contribution in [0, 0.1) is 6.92 Å². The van der Waals surface area contributed by atoms with E-state index in [9.17, 15) is 8.42 Å². The lowest BCUT2D eigenvalue weighted by atomic mass is 10.2. The normalized spacial score (nSPS) is 12.0. The number of alkyl halides is 1. The largest absolute Gasteiger partial charge is 0.244 e. The Balaban J connectivity index is 2.27. The molecule has 0 N–H and O–H groups in total.